The van der Waals surface area contributed by atoms with E-state index >= 15 is 0 Å². The number of hydrogen-bond acceptors (Lipinski definition) is 2. The minimum atomic E-state index is 0.369. The number of methoxy groups -OCH3 is 1. The lowest BCUT2D eigenvalue weighted by Crippen LogP contribution is -2.22. The van der Waals surface area contributed by atoms with Crippen LogP contribution in [0.1, 0.15) is 11.1 Å². The molecule has 3 N–H and O–H groups in total. The molecule has 0 spiro atoms. The standard InChI is InChI=1S/C24H21N3O/c1-28-22-14-13-20(17-6-2-3-7-18(17)22)26-24(25)27-21-12-11-16-10-9-15-5-4-8-19(21)23(15)16/h2-8,11-14H,9-10H2,1H3,(H3,25,26,27). The van der Waals surface area contributed by atoms with Crippen molar-refractivity contribution in [1.82, 2.24) is 0 Å². The number of nitrogens with two attached hydrogens (primary N) is 1. The third kappa shape index (κ3) is 2.65. The van der Waals surface area contributed by atoms with E-state index in [1.54, 1.807) is 7.11 Å². The molecule has 0 fully saturated rings. The van der Waals surface area contributed by atoms with Crippen molar-refractivity contribution in [3.05, 3.63) is 77.9 Å². The van der Waals surface area contributed by atoms with Crippen LogP contribution in [-0.4, -0.2) is 13.1 Å². The highest BCUT2D eigenvalue weighted by atomic mass is 16.5. The third-order valence-electron chi connectivity index (χ3n) is 5.46. The maximum atomic E-state index is 6.29. The summed E-state index contributed by atoms with van der Waals surface area (Å²) in [5, 5.41) is 7.85. The van der Waals surface area contributed by atoms with E-state index in [1.165, 1.54) is 16.5 Å². The van der Waals surface area contributed by atoms with Gasteiger partial charge >= 0.3 is 0 Å². The van der Waals surface area contributed by atoms with Crippen LogP contribution < -0.4 is 15.8 Å². The summed E-state index contributed by atoms with van der Waals surface area (Å²) in [4.78, 5) is 4.69. The van der Waals surface area contributed by atoms with Gasteiger partial charge in [0.2, 0.25) is 0 Å². The summed E-state index contributed by atoms with van der Waals surface area (Å²) in [7, 11) is 1.68. The zero-order valence-electron chi connectivity index (χ0n) is 15.7. The number of ether oxygens (including phenoxy) is 1. The van der Waals surface area contributed by atoms with Gasteiger partial charge in [-0.2, -0.15) is 0 Å². The topological polar surface area (TPSA) is 59.6 Å². The van der Waals surface area contributed by atoms with E-state index in [2.05, 4.69) is 35.6 Å². The molecule has 1 aliphatic carbocycles. The minimum Gasteiger partial charge on any atom is -0.496 e. The van der Waals surface area contributed by atoms with Crippen molar-refractivity contribution < 1.29 is 4.74 Å². The summed E-state index contributed by atoms with van der Waals surface area (Å²) in [6, 6.07) is 22.7. The van der Waals surface area contributed by atoms with E-state index in [4.69, 9.17) is 15.5 Å². The number of fused-ring (bicyclic) bond motifs is 1. The van der Waals surface area contributed by atoms with Gasteiger partial charge in [0.25, 0.3) is 0 Å². The Labute approximate surface area is 163 Å². The minimum absolute atomic E-state index is 0.369. The van der Waals surface area contributed by atoms with E-state index in [-0.39, 0.29) is 0 Å². The molecule has 0 radical (unpaired) electrons. The highest BCUT2D eigenvalue weighted by Gasteiger charge is 2.15. The van der Waals surface area contributed by atoms with Gasteiger partial charge < -0.3 is 15.8 Å². The molecule has 0 unspecified atom stereocenters. The van der Waals surface area contributed by atoms with Crippen molar-refractivity contribution in [2.24, 2.45) is 10.7 Å². The highest BCUT2D eigenvalue weighted by molar-refractivity contribution is 6.07. The van der Waals surface area contributed by atoms with Crippen LogP contribution in [0.5, 0.6) is 5.75 Å². The van der Waals surface area contributed by atoms with Gasteiger partial charge in [0.05, 0.1) is 12.8 Å². The number of guanidine groups is 1. The summed E-state index contributed by atoms with van der Waals surface area (Å²) < 4.78 is 5.47. The number of nitrogens with one attached hydrogen (secondary N) is 1. The normalized spacial score (nSPS) is 13.2. The van der Waals surface area contributed by atoms with Crippen LogP contribution in [0.3, 0.4) is 0 Å². The number of rotatable bonds is 3. The fourth-order valence-corrected chi connectivity index (χ4v) is 4.18. The van der Waals surface area contributed by atoms with Crippen molar-refractivity contribution in [2.45, 2.75) is 12.8 Å². The average Bonchev–Trinajstić information content (AvgIpc) is 3.15. The van der Waals surface area contributed by atoms with Gasteiger partial charge in [0.1, 0.15) is 5.75 Å². The predicted octanol–water partition coefficient (Wildman–Crippen LogP) is 5.16. The van der Waals surface area contributed by atoms with E-state index in [0.29, 0.717) is 5.96 Å². The monoisotopic (exact) mass is 367 g/mol. The second-order valence-electron chi connectivity index (χ2n) is 7.07. The second kappa shape index (κ2) is 6.57. The number of aryl methyl sites for hydroxylation is 2. The van der Waals surface area contributed by atoms with Gasteiger partial charge in [-0.15, -0.1) is 0 Å². The molecule has 1 aliphatic rings. The van der Waals surface area contributed by atoms with Crippen LogP contribution in [0, 0.1) is 0 Å². The molecule has 0 heterocycles. The summed E-state index contributed by atoms with van der Waals surface area (Å²) in [5.74, 6) is 1.21. The SMILES string of the molecule is COc1ccc(NC(N)=Nc2ccc3c4c(cccc24)CC3)c2ccccc12. The van der Waals surface area contributed by atoms with Gasteiger partial charge in [0.15, 0.2) is 5.96 Å². The molecule has 138 valence electrons. The smallest absolute Gasteiger partial charge is 0.198 e. The molecule has 28 heavy (non-hydrogen) atoms. The van der Waals surface area contributed by atoms with Crippen LogP contribution in [-0.2, 0) is 12.8 Å². The maximum absolute atomic E-state index is 6.29. The van der Waals surface area contributed by atoms with Crippen molar-refractivity contribution in [1.29, 1.82) is 0 Å². The van der Waals surface area contributed by atoms with E-state index in [0.717, 1.165) is 46.1 Å². The molecule has 4 aromatic rings. The molecular formula is C24H21N3O. The summed E-state index contributed by atoms with van der Waals surface area (Å²) in [5.41, 5.74) is 10.9. The molecule has 4 aromatic carbocycles. The summed E-state index contributed by atoms with van der Waals surface area (Å²) in [6.45, 7) is 0. The van der Waals surface area contributed by atoms with E-state index in [9.17, 15) is 0 Å². The summed E-state index contributed by atoms with van der Waals surface area (Å²) in [6.07, 6.45) is 2.21. The molecule has 4 nitrogen and oxygen atoms in total. The lowest BCUT2D eigenvalue weighted by atomic mass is 10.0. The lowest BCUT2D eigenvalue weighted by Gasteiger charge is -2.12. The van der Waals surface area contributed by atoms with E-state index in [1.807, 2.05) is 36.4 Å². The molecule has 4 heteroatoms. The van der Waals surface area contributed by atoms with Crippen molar-refractivity contribution in [3.8, 4) is 5.75 Å². The van der Waals surface area contributed by atoms with Crippen LogP contribution in [0.4, 0.5) is 11.4 Å². The second-order valence-corrected chi connectivity index (χ2v) is 7.07. The molecule has 0 aliphatic heterocycles. The fraction of sp³-hybridized carbons (Fsp3) is 0.125. The van der Waals surface area contributed by atoms with Gasteiger partial charge in [-0.3, -0.25) is 0 Å². The van der Waals surface area contributed by atoms with Crippen LogP contribution >= 0.6 is 0 Å². The Kier molecular flexibility index (Phi) is 3.90. The molecule has 0 saturated carbocycles. The zero-order chi connectivity index (χ0) is 19.1. The van der Waals surface area contributed by atoms with Crippen LogP contribution in [0.2, 0.25) is 0 Å². The number of nitrogens with zero attached hydrogens (tertiary/aromatic N) is 1. The molecule has 5 rings (SSSR count). The number of aliphatic imine (C=N–C) groups is 1. The van der Waals surface area contributed by atoms with Gasteiger partial charge in [0, 0.05) is 21.8 Å². The van der Waals surface area contributed by atoms with Crippen molar-refractivity contribution >= 4 is 38.9 Å². The molecule has 0 bridgehead atoms. The Morgan fingerprint density at radius 2 is 1.61 bits per heavy atom. The highest BCUT2D eigenvalue weighted by Crippen LogP contribution is 2.36. The Hall–Kier alpha value is -3.53. The first-order chi connectivity index (χ1) is 13.7. The first-order valence-electron chi connectivity index (χ1n) is 9.45. The molecule has 0 aromatic heterocycles. The Balaban J connectivity index is 1.55. The number of hydrogen-bond donors (Lipinski definition) is 2. The van der Waals surface area contributed by atoms with Gasteiger partial charge in [-0.1, -0.05) is 48.5 Å². The number of benzene rings is 4. The van der Waals surface area contributed by atoms with Crippen LogP contribution in [0.25, 0.3) is 21.5 Å². The Bertz CT molecular complexity index is 1230. The van der Waals surface area contributed by atoms with Gasteiger partial charge in [-0.05, 0) is 47.6 Å². The van der Waals surface area contributed by atoms with Gasteiger partial charge in [-0.25, -0.2) is 4.99 Å². The third-order valence-corrected chi connectivity index (χ3v) is 5.46. The Morgan fingerprint density at radius 3 is 2.43 bits per heavy atom. The van der Waals surface area contributed by atoms with Crippen molar-refractivity contribution in [2.75, 3.05) is 12.4 Å². The molecule has 0 saturated heterocycles. The molecular weight excluding hydrogens is 346 g/mol. The van der Waals surface area contributed by atoms with Crippen LogP contribution in [0.15, 0.2) is 71.7 Å². The lowest BCUT2D eigenvalue weighted by molar-refractivity contribution is 0.420. The predicted molar refractivity (Wildman–Crippen MR) is 117 cm³/mol. The molecule has 0 amide bonds. The first-order valence-corrected chi connectivity index (χ1v) is 9.45. The maximum Gasteiger partial charge on any atom is 0.198 e. The zero-order valence-corrected chi connectivity index (χ0v) is 15.7. The number of anilines is 1. The Morgan fingerprint density at radius 1 is 0.857 bits per heavy atom. The first kappa shape index (κ1) is 16.6. The van der Waals surface area contributed by atoms with E-state index < -0.39 is 0 Å². The largest absolute Gasteiger partial charge is 0.496 e. The van der Waals surface area contributed by atoms with Crippen molar-refractivity contribution in [3.63, 3.8) is 0 Å². The quantitative estimate of drug-likeness (QED) is 0.388. The fourth-order valence-electron chi connectivity index (χ4n) is 4.18. The summed E-state index contributed by atoms with van der Waals surface area (Å²) >= 11 is 0. The average molecular weight is 367 g/mol. The molecule has 0 atom stereocenters.